The van der Waals surface area contributed by atoms with Gasteiger partial charge in [0, 0.05) is 33.1 Å². The summed E-state index contributed by atoms with van der Waals surface area (Å²) < 4.78 is 14.8. The van der Waals surface area contributed by atoms with E-state index in [9.17, 15) is 14.0 Å². The van der Waals surface area contributed by atoms with Gasteiger partial charge in [-0.3, -0.25) is 9.59 Å². The highest BCUT2D eigenvalue weighted by Gasteiger charge is 2.27. The highest BCUT2D eigenvalue weighted by atomic mass is 19.1. The Bertz CT molecular complexity index is 805. The maximum Gasteiger partial charge on any atom is 0.257 e. The van der Waals surface area contributed by atoms with Crippen molar-refractivity contribution in [2.45, 2.75) is 20.8 Å². The Labute approximate surface area is 145 Å². The molecule has 0 saturated carbocycles. The molecule has 0 bridgehead atoms. The number of nitrogens with zero attached hydrogens (tertiary/aromatic N) is 4. The second-order valence-corrected chi connectivity index (χ2v) is 6.23. The van der Waals surface area contributed by atoms with Gasteiger partial charge in [0.15, 0.2) is 0 Å². The maximum absolute atomic E-state index is 13.1. The summed E-state index contributed by atoms with van der Waals surface area (Å²) in [5.41, 5.74) is 2.65. The van der Waals surface area contributed by atoms with Crippen LogP contribution in [0.5, 0.6) is 0 Å². The number of benzene rings is 1. The van der Waals surface area contributed by atoms with Crippen LogP contribution >= 0.6 is 0 Å². The first-order valence-corrected chi connectivity index (χ1v) is 8.25. The van der Waals surface area contributed by atoms with Crippen LogP contribution in [0.2, 0.25) is 0 Å². The van der Waals surface area contributed by atoms with Crippen molar-refractivity contribution in [1.29, 1.82) is 0 Å². The van der Waals surface area contributed by atoms with Gasteiger partial charge < -0.3 is 9.80 Å². The molecule has 3 rings (SSSR count). The molecule has 1 aromatic heterocycles. The van der Waals surface area contributed by atoms with Gasteiger partial charge in [0.05, 0.1) is 22.6 Å². The Morgan fingerprint density at radius 1 is 1.00 bits per heavy atom. The molecule has 132 valence electrons. The van der Waals surface area contributed by atoms with Crippen molar-refractivity contribution in [1.82, 2.24) is 19.6 Å². The molecule has 0 unspecified atom stereocenters. The molecule has 2 heterocycles. The normalized spacial score (nSPS) is 14.7. The van der Waals surface area contributed by atoms with Crippen LogP contribution in [0.1, 0.15) is 28.7 Å². The Hall–Kier alpha value is -2.70. The van der Waals surface area contributed by atoms with Gasteiger partial charge in [0.25, 0.3) is 5.91 Å². The van der Waals surface area contributed by atoms with Crippen molar-refractivity contribution in [3.8, 4) is 5.69 Å². The highest BCUT2D eigenvalue weighted by Crippen LogP contribution is 2.20. The molecular weight excluding hydrogens is 323 g/mol. The lowest BCUT2D eigenvalue weighted by atomic mass is 10.1. The minimum Gasteiger partial charge on any atom is -0.339 e. The minimum absolute atomic E-state index is 0.0311. The van der Waals surface area contributed by atoms with Gasteiger partial charge in [-0.05, 0) is 38.1 Å². The number of rotatable bonds is 2. The average molecular weight is 344 g/mol. The fourth-order valence-corrected chi connectivity index (χ4v) is 3.17. The molecule has 0 radical (unpaired) electrons. The molecule has 0 aliphatic carbocycles. The van der Waals surface area contributed by atoms with Crippen molar-refractivity contribution in [2.75, 3.05) is 26.2 Å². The molecule has 6 nitrogen and oxygen atoms in total. The standard InChI is InChI=1S/C18H21FN4O2/c1-12-17(18(25)22-10-8-21(9-11-22)14(3)24)13(2)23(20-12)16-6-4-15(19)5-7-16/h4-7H,8-11H2,1-3H3. The first kappa shape index (κ1) is 17.1. The summed E-state index contributed by atoms with van der Waals surface area (Å²) in [6, 6.07) is 6.01. The van der Waals surface area contributed by atoms with Crippen LogP contribution in [0.15, 0.2) is 24.3 Å². The second-order valence-electron chi connectivity index (χ2n) is 6.23. The first-order valence-electron chi connectivity index (χ1n) is 8.25. The average Bonchev–Trinajstić information content (AvgIpc) is 2.89. The molecule has 0 N–H and O–H groups in total. The summed E-state index contributed by atoms with van der Waals surface area (Å²) in [5.74, 6) is -0.361. The van der Waals surface area contributed by atoms with Crippen LogP contribution in [0.4, 0.5) is 4.39 Å². The molecule has 1 aliphatic heterocycles. The lowest BCUT2D eigenvalue weighted by Crippen LogP contribution is -2.50. The number of amides is 2. The van der Waals surface area contributed by atoms with E-state index in [0.29, 0.717) is 43.1 Å². The molecule has 25 heavy (non-hydrogen) atoms. The van der Waals surface area contributed by atoms with Crippen molar-refractivity contribution in [3.63, 3.8) is 0 Å². The van der Waals surface area contributed by atoms with Gasteiger partial charge in [-0.15, -0.1) is 0 Å². The second kappa shape index (κ2) is 6.66. The van der Waals surface area contributed by atoms with Gasteiger partial charge in [0.1, 0.15) is 5.82 Å². The monoisotopic (exact) mass is 344 g/mol. The zero-order chi connectivity index (χ0) is 18.1. The molecule has 0 spiro atoms. The number of carbonyl (C=O) groups excluding carboxylic acids is 2. The third-order valence-electron chi connectivity index (χ3n) is 4.59. The summed E-state index contributed by atoms with van der Waals surface area (Å²) in [5, 5.41) is 4.45. The third-order valence-corrected chi connectivity index (χ3v) is 4.59. The lowest BCUT2D eigenvalue weighted by Gasteiger charge is -2.34. The van der Waals surface area contributed by atoms with E-state index in [-0.39, 0.29) is 17.6 Å². The van der Waals surface area contributed by atoms with Gasteiger partial charge in [-0.25, -0.2) is 9.07 Å². The molecule has 2 aromatic rings. The SMILES string of the molecule is CC(=O)N1CCN(C(=O)c2c(C)nn(-c3ccc(F)cc3)c2C)CC1. The van der Waals surface area contributed by atoms with Gasteiger partial charge in [0.2, 0.25) is 5.91 Å². The number of aromatic nitrogens is 2. The molecular formula is C18H21FN4O2. The number of piperazine rings is 1. The summed E-state index contributed by atoms with van der Waals surface area (Å²) in [6.45, 7) is 7.29. The van der Waals surface area contributed by atoms with Crippen LogP contribution in [-0.4, -0.2) is 57.6 Å². The summed E-state index contributed by atoms with van der Waals surface area (Å²) >= 11 is 0. The van der Waals surface area contributed by atoms with E-state index in [0.717, 1.165) is 5.69 Å². The van der Waals surface area contributed by atoms with E-state index in [1.165, 1.54) is 12.1 Å². The highest BCUT2D eigenvalue weighted by molar-refractivity contribution is 5.96. The van der Waals surface area contributed by atoms with E-state index in [1.54, 1.807) is 40.5 Å². The smallest absolute Gasteiger partial charge is 0.257 e. The molecule has 7 heteroatoms. The van der Waals surface area contributed by atoms with Crippen molar-refractivity contribution in [2.24, 2.45) is 0 Å². The summed E-state index contributed by atoms with van der Waals surface area (Å²) in [7, 11) is 0. The predicted octanol–water partition coefficient (Wildman–Crippen LogP) is 1.93. The van der Waals surface area contributed by atoms with E-state index in [2.05, 4.69) is 5.10 Å². The van der Waals surface area contributed by atoms with Gasteiger partial charge >= 0.3 is 0 Å². The van der Waals surface area contributed by atoms with Crippen LogP contribution < -0.4 is 0 Å². The lowest BCUT2D eigenvalue weighted by molar-refractivity contribution is -0.130. The van der Waals surface area contributed by atoms with Crippen LogP contribution in [0, 0.1) is 19.7 Å². The maximum atomic E-state index is 13.1. The van der Waals surface area contributed by atoms with Crippen molar-refractivity contribution < 1.29 is 14.0 Å². The minimum atomic E-state index is -0.315. The third kappa shape index (κ3) is 3.26. The molecule has 1 aromatic carbocycles. The largest absolute Gasteiger partial charge is 0.339 e. The number of aryl methyl sites for hydroxylation is 1. The summed E-state index contributed by atoms with van der Waals surface area (Å²) in [6.07, 6.45) is 0. The van der Waals surface area contributed by atoms with Crippen molar-refractivity contribution >= 4 is 11.8 Å². The zero-order valence-electron chi connectivity index (χ0n) is 14.6. The fourth-order valence-electron chi connectivity index (χ4n) is 3.17. The van der Waals surface area contributed by atoms with Crippen LogP contribution in [-0.2, 0) is 4.79 Å². The number of carbonyl (C=O) groups is 2. The Balaban J connectivity index is 1.84. The number of halogens is 1. The first-order chi connectivity index (χ1) is 11.9. The van der Waals surface area contributed by atoms with Gasteiger partial charge in [-0.2, -0.15) is 5.10 Å². The quantitative estimate of drug-likeness (QED) is 0.836. The predicted molar refractivity (Wildman–Crippen MR) is 91.2 cm³/mol. The zero-order valence-corrected chi connectivity index (χ0v) is 14.6. The van der Waals surface area contributed by atoms with Crippen molar-refractivity contribution in [3.05, 3.63) is 47.0 Å². The number of hydrogen-bond donors (Lipinski definition) is 0. The van der Waals surface area contributed by atoms with Gasteiger partial charge in [-0.1, -0.05) is 0 Å². The van der Waals surface area contributed by atoms with Crippen LogP contribution in [0.3, 0.4) is 0 Å². The van der Waals surface area contributed by atoms with E-state index < -0.39 is 0 Å². The molecule has 1 saturated heterocycles. The van der Waals surface area contributed by atoms with E-state index >= 15 is 0 Å². The summed E-state index contributed by atoms with van der Waals surface area (Å²) in [4.78, 5) is 27.8. The Morgan fingerprint density at radius 2 is 1.56 bits per heavy atom. The van der Waals surface area contributed by atoms with E-state index in [4.69, 9.17) is 0 Å². The topological polar surface area (TPSA) is 58.4 Å². The Kier molecular flexibility index (Phi) is 4.57. The molecule has 0 atom stereocenters. The fraction of sp³-hybridized carbons (Fsp3) is 0.389. The van der Waals surface area contributed by atoms with Crippen LogP contribution in [0.25, 0.3) is 5.69 Å². The molecule has 1 aliphatic rings. The molecule has 2 amide bonds. The van der Waals surface area contributed by atoms with E-state index in [1.807, 2.05) is 6.92 Å². The number of hydrogen-bond acceptors (Lipinski definition) is 3. The molecule has 1 fully saturated rings. The Morgan fingerprint density at radius 3 is 2.12 bits per heavy atom.